The molecule has 0 aliphatic rings. The second-order valence-corrected chi connectivity index (χ2v) is 5.49. The van der Waals surface area contributed by atoms with Gasteiger partial charge in [0, 0.05) is 0 Å². The van der Waals surface area contributed by atoms with Crippen LogP contribution in [0.2, 0.25) is 0 Å². The predicted molar refractivity (Wildman–Crippen MR) is 82.3 cm³/mol. The predicted octanol–water partition coefficient (Wildman–Crippen LogP) is 3.66. The van der Waals surface area contributed by atoms with Crippen molar-refractivity contribution in [3.63, 3.8) is 0 Å². The van der Waals surface area contributed by atoms with E-state index in [0.29, 0.717) is 5.92 Å². The monoisotopic (exact) mass is 253 g/mol. The number of benzene rings is 2. The van der Waals surface area contributed by atoms with Gasteiger partial charge >= 0.3 is 0 Å². The Labute approximate surface area is 116 Å². The molecule has 19 heavy (non-hydrogen) atoms. The highest BCUT2D eigenvalue weighted by atomic mass is 14.5. The van der Waals surface area contributed by atoms with Gasteiger partial charge in [0.15, 0.2) is 0 Å². The molecular weight excluding hydrogens is 230 g/mol. The van der Waals surface area contributed by atoms with Crippen LogP contribution in [0.25, 0.3) is 0 Å². The lowest BCUT2D eigenvalue weighted by molar-refractivity contribution is 0.533. The maximum Gasteiger partial charge on any atom is -0.00425 e. The zero-order valence-electron chi connectivity index (χ0n) is 11.9. The summed E-state index contributed by atoms with van der Waals surface area (Å²) < 4.78 is 0. The Hall–Kier alpha value is -1.60. The smallest absolute Gasteiger partial charge is 0.00425 e. The highest BCUT2D eigenvalue weighted by Gasteiger charge is 2.09. The molecule has 0 aliphatic heterocycles. The van der Waals surface area contributed by atoms with Crippen molar-refractivity contribution in [2.75, 3.05) is 6.54 Å². The van der Waals surface area contributed by atoms with Crippen LogP contribution in [0.4, 0.5) is 0 Å². The molecule has 0 saturated carbocycles. The number of nitrogens with two attached hydrogens (primary N) is 1. The summed E-state index contributed by atoms with van der Waals surface area (Å²) in [6.45, 7) is 5.05. The molecule has 2 rings (SSSR count). The molecule has 0 amide bonds. The fourth-order valence-corrected chi connectivity index (χ4v) is 2.71. The quantitative estimate of drug-likeness (QED) is 0.864. The third kappa shape index (κ3) is 4.22. The van der Waals surface area contributed by atoms with Crippen molar-refractivity contribution in [1.82, 2.24) is 0 Å². The summed E-state index contributed by atoms with van der Waals surface area (Å²) in [4.78, 5) is 0. The molecule has 1 nitrogen and oxygen atoms in total. The zero-order chi connectivity index (χ0) is 13.7. The van der Waals surface area contributed by atoms with Gasteiger partial charge in [-0.05, 0) is 50.3 Å². The lowest BCUT2D eigenvalue weighted by Gasteiger charge is -2.16. The van der Waals surface area contributed by atoms with E-state index in [2.05, 4.69) is 62.4 Å². The average Bonchev–Trinajstić information content (AvgIpc) is 2.38. The molecule has 0 fully saturated rings. The van der Waals surface area contributed by atoms with Crippen LogP contribution in [-0.2, 0) is 12.8 Å². The molecule has 1 heteroatoms. The van der Waals surface area contributed by atoms with Crippen LogP contribution in [0, 0.1) is 19.8 Å². The van der Waals surface area contributed by atoms with Crippen LogP contribution >= 0.6 is 0 Å². The van der Waals surface area contributed by atoms with Gasteiger partial charge in [-0.2, -0.15) is 0 Å². The second-order valence-electron chi connectivity index (χ2n) is 5.49. The fourth-order valence-electron chi connectivity index (χ4n) is 2.71. The highest BCUT2D eigenvalue weighted by Crippen LogP contribution is 2.16. The Bertz CT molecular complexity index is 496. The molecule has 0 bridgehead atoms. The van der Waals surface area contributed by atoms with E-state index >= 15 is 0 Å². The summed E-state index contributed by atoms with van der Waals surface area (Å²) in [5, 5.41) is 0. The van der Waals surface area contributed by atoms with E-state index in [1.807, 2.05) is 0 Å². The van der Waals surface area contributed by atoms with Gasteiger partial charge in [0.25, 0.3) is 0 Å². The van der Waals surface area contributed by atoms with Gasteiger partial charge in [0.05, 0.1) is 0 Å². The van der Waals surface area contributed by atoms with Gasteiger partial charge in [-0.1, -0.05) is 59.7 Å². The van der Waals surface area contributed by atoms with Crippen molar-refractivity contribution in [3.8, 4) is 0 Å². The summed E-state index contributed by atoms with van der Waals surface area (Å²) in [5.74, 6) is 0.517. The van der Waals surface area contributed by atoms with Crippen molar-refractivity contribution in [2.24, 2.45) is 11.7 Å². The standard InChI is InChI=1S/C18H23N/c1-14-8-15(2)10-17(9-14)12-18(13-19)11-16-6-4-3-5-7-16/h3-10,18H,11-13,19H2,1-2H3. The first-order valence-electron chi connectivity index (χ1n) is 6.98. The minimum absolute atomic E-state index is 0.517. The molecular formula is C18H23N. The van der Waals surface area contributed by atoms with Crippen LogP contribution in [0.3, 0.4) is 0 Å². The molecule has 1 unspecified atom stereocenters. The summed E-state index contributed by atoms with van der Waals surface area (Å²) >= 11 is 0. The normalized spacial score (nSPS) is 12.4. The van der Waals surface area contributed by atoms with Crippen molar-refractivity contribution in [2.45, 2.75) is 26.7 Å². The maximum absolute atomic E-state index is 5.94. The largest absolute Gasteiger partial charge is 0.330 e. The molecule has 0 saturated heterocycles. The molecule has 0 spiro atoms. The Morgan fingerprint density at radius 1 is 0.842 bits per heavy atom. The van der Waals surface area contributed by atoms with Crippen molar-refractivity contribution in [3.05, 3.63) is 70.8 Å². The lowest BCUT2D eigenvalue weighted by Crippen LogP contribution is -2.19. The third-order valence-electron chi connectivity index (χ3n) is 3.51. The Morgan fingerprint density at radius 2 is 1.42 bits per heavy atom. The zero-order valence-corrected chi connectivity index (χ0v) is 11.9. The highest BCUT2D eigenvalue weighted by molar-refractivity contribution is 5.29. The SMILES string of the molecule is Cc1cc(C)cc(CC(CN)Cc2ccccc2)c1. The molecule has 2 aromatic rings. The van der Waals surface area contributed by atoms with E-state index in [1.165, 1.54) is 22.3 Å². The van der Waals surface area contributed by atoms with Crippen molar-refractivity contribution in [1.29, 1.82) is 0 Å². The topological polar surface area (TPSA) is 26.0 Å². The summed E-state index contributed by atoms with van der Waals surface area (Å²) in [5.41, 5.74) is 11.4. The third-order valence-corrected chi connectivity index (χ3v) is 3.51. The molecule has 1 atom stereocenters. The van der Waals surface area contributed by atoms with E-state index in [4.69, 9.17) is 5.73 Å². The minimum atomic E-state index is 0.517. The molecule has 0 aromatic heterocycles. The van der Waals surface area contributed by atoms with Gasteiger partial charge in [0.1, 0.15) is 0 Å². The summed E-state index contributed by atoms with van der Waals surface area (Å²) in [6, 6.07) is 17.4. The number of hydrogen-bond acceptors (Lipinski definition) is 1. The fraction of sp³-hybridized carbons (Fsp3) is 0.333. The van der Waals surface area contributed by atoms with E-state index in [1.54, 1.807) is 0 Å². The van der Waals surface area contributed by atoms with E-state index in [-0.39, 0.29) is 0 Å². The van der Waals surface area contributed by atoms with Crippen molar-refractivity contribution < 1.29 is 0 Å². The van der Waals surface area contributed by atoms with Gasteiger partial charge in [-0.3, -0.25) is 0 Å². The summed E-state index contributed by atoms with van der Waals surface area (Å²) in [6.07, 6.45) is 2.12. The second kappa shape index (κ2) is 6.53. The first kappa shape index (κ1) is 13.8. The van der Waals surface area contributed by atoms with Gasteiger partial charge < -0.3 is 5.73 Å². The molecule has 0 radical (unpaired) electrons. The van der Waals surface area contributed by atoms with E-state index in [0.717, 1.165) is 19.4 Å². The van der Waals surface area contributed by atoms with Gasteiger partial charge in [-0.25, -0.2) is 0 Å². The summed E-state index contributed by atoms with van der Waals surface area (Å²) in [7, 11) is 0. The minimum Gasteiger partial charge on any atom is -0.330 e. The molecule has 0 aliphatic carbocycles. The van der Waals surface area contributed by atoms with E-state index < -0.39 is 0 Å². The molecule has 100 valence electrons. The van der Waals surface area contributed by atoms with Crippen LogP contribution in [0.5, 0.6) is 0 Å². The lowest BCUT2D eigenvalue weighted by atomic mass is 9.91. The van der Waals surface area contributed by atoms with Gasteiger partial charge in [0.2, 0.25) is 0 Å². The Balaban J connectivity index is 2.06. The number of rotatable bonds is 5. The maximum atomic E-state index is 5.94. The molecule has 2 N–H and O–H groups in total. The first-order chi connectivity index (χ1) is 9.17. The Kier molecular flexibility index (Phi) is 4.75. The first-order valence-corrected chi connectivity index (χ1v) is 6.98. The van der Waals surface area contributed by atoms with Crippen LogP contribution in [0.1, 0.15) is 22.3 Å². The van der Waals surface area contributed by atoms with Crippen LogP contribution in [-0.4, -0.2) is 6.54 Å². The number of aryl methyl sites for hydroxylation is 2. The van der Waals surface area contributed by atoms with Gasteiger partial charge in [-0.15, -0.1) is 0 Å². The van der Waals surface area contributed by atoms with E-state index in [9.17, 15) is 0 Å². The average molecular weight is 253 g/mol. The van der Waals surface area contributed by atoms with Crippen molar-refractivity contribution >= 4 is 0 Å². The molecule has 0 heterocycles. The number of hydrogen-bond donors (Lipinski definition) is 1. The molecule has 2 aromatic carbocycles. The Morgan fingerprint density at radius 3 is 2.00 bits per heavy atom. The van der Waals surface area contributed by atoms with Crippen LogP contribution in [0.15, 0.2) is 48.5 Å². The van der Waals surface area contributed by atoms with Crippen LogP contribution < -0.4 is 5.73 Å².